The third-order valence-electron chi connectivity index (χ3n) is 2.42. The summed E-state index contributed by atoms with van der Waals surface area (Å²) in [7, 11) is 2.87. The van der Waals surface area contributed by atoms with Crippen LogP contribution in [0.2, 0.25) is 5.54 Å². The minimum Gasteiger partial charge on any atom is -0.360 e. The van der Waals surface area contributed by atoms with Crippen LogP contribution in [-0.2, 0) is 9.47 Å². The lowest BCUT2D eigenvalue weighted by atomic mass is 10.2. The van der Waals surface area contributed by atoms with Gasteiger partial charge >= 0.3 is 0 Å². The van der Waals surface area contributed by atoms with Crippen LogP contribution < -0.4 is 11.5 Å². The minimum absolute atomic E-state index is 0.0254. The maximum atomic E-state index is 5.88. The van der Waals surface area contributed by atoms with Gasteiger partial charge in [0.2, 0.25) is 0 Å². The molecule has 4 nitrogen and oxygen atoms in total. The average Bonchev–Trinajstić information content (AvgIpc) is 2.19. The van der Waals surface area contributed by atoms with E-state index in [0.29, 0.717) is 12.1 Å². The van der Waals surface area contributed by atoms with Crippen molar-refractivity contribution in [2.75, 3.05) is 20.8 Å². The third kappa shape index (κ3) is 4.73. The summed E-state index contributed by atoms with van der Waals surface area (Å²) in [5.74, 6) is -0.0254. The van der Waals surface area contributed by atoms with Crippen molar-refractivity contribution in [2.45, 2.75) is 30.8 Å². The molecule has 0 bridgehead atoms. The minimum atomic E-state index is -0.469. The van der Waals surface area contributed by atoms with Crippen molar-refractivity contribution in [2.24, 2.45) is 11.5 Å². The highest BCUT2D eigenvalue weighted by atomic mass is 28.2. The molecule has 13 heavy (non-hydrogen) atoms. The second-order valence-electron chi connectivity index (χ2n) is 3.20. The van der Waals surface area contributed by atoms with Crippen molar-refractivity contribution < 1.29 is 9.47 Å². The Hall–Kier alpha value is 0.0569. The highest BCUT2D eigenvalue weighted by Gasteiger charge is 2.20. The van der Waals surface area contributed by atoms with Crippen molar-refractivity contribution in [3.63, 3.8) is 0 Å². The molecule has 2 atom stereocenters. The second-order valence-corrected chi connectivity index (χ2v) is 5.39. The Labute approximate surface area is 82.8 Å². The summed E-state index contributed by atoms with van der Waals surface area (Å²) >= 11 is 0. The molecular weight excluding hydrogens is 184 g/mol. The lowest BCUT2D eigenvalue weighted by Gasteiger charge is -2.24. The van der Waals surface area contributed by atoms with Crippen LogP contribution >= 0.6 is 0 Å². The van der Waals surface area contributed by atoms with Gasteiger partial charge in [-0.3, -0.25) is 0 Å². The fourth-order valence-corrected chi connectivity index (χ4v) is 3.13. The predicted molar refractivity (Wildman–Crippen MR) is 57.4 cm³/mol. The summed E-state index contributed by atoms with van der Waals surface area (Å²) in [5, 5.41) is 0. The van der Waals surface area contributed by atoms with Gasteiger partial charge in [-0.25, -0.2) is 0 Å². The largest absolute Gasteiger partial charge is 0.360 e. The highest BCUT2D eigenvalue weighted by molar-refractivity contribution is 6.39. The Morgan fingerprint density at radius 3 is 2.15 bits per heavy atom. The van der Waals surface area contributed by atoms with Crippen molar-refractivity contribution in [3.8, 4) is 0 Å². The molecule has 0 rings (SSSR count). The van der Waals surface area contributed by atoms with E-state index in [1.54, 1.807) is 14.2 Å². The smallest absolute Gasteiger partial charge is 0.134 e. The van der Waals surface area contributed by atoms with Gasteiger partial charge in [0.05, 0.1) is 9.52 Å². The number of rotatable bonds is 7. The zero-order chi connectivity index (χ0) is 10.3. The van der Waals surface area contributed by atoms with Gasteiger partial charge in [0, 0.05) is 26.8 Å². The van der Waals surface area contributed by atoms with Crippen molar-refractivity contribution in [1.29, 1.82) is 0 Å². The topological polar surface area (TPSA) is 70.5 Å². The summed E-state index contributed by atoms with van der Waals surface area (Å²) in [6.45, 7) is 2.68. The maximum Gasteiger partial charge on any atom is 0.134 e. The molecule has 0 spiro atoms. The van der Waals surface area contributed by atoms with E-state index < -0.39 is 9.52 Å². The van der Waals surface area contributed by atoms with Crippen LogP contribution in [0, 0.1) is 0 Å². The van der Waals surface area contributed by atoms with Gasteiger partial charge in [0.1, 0.15) is 5.91 Å². The predicted octanol–water partition coefficient (Wildman–Crippen LogP) is -0.784. The summed E-state index contributed by atoms with van der Waals surface area (Å²) < 4.78 is 10.3. The first-order valence-corrected chi connectivity index (χ1v) is 6.34. The fourth-order valence-electron chi connectivity index (χ4n) is 1.37. The Balaban J connectivity index is 3.94. The molecule has 0 aromatic rings. The molecule has 4 N–H and O–H groups in total. The fraction of sp³-hybridized carbons (Fsp3) is 1.00. The molecule has 0 fully saturated rings. The first-order chi connectivity index (χ1) is 6.19. The molecule has 0 saturated heterocycles. The van der Waals surface area contributed by atoms with Gasteiger partial charge < -0.3 is 20.9 Å². The molecule has 0 amide bonds. The molecule has 0 aromatic carbocycles. The quantitative estimate of drug-likeness (QED) is 0.423. The standard InChI is InChI=1S/C8H22N2O2Si/c1-4-7(6(10)5-9)13-8(11-2)12-3/h6-8H,4-5,9-10,13H2,1-3H3. The Kier molecular flexibility index (Phi) is 7.49. The maximum absolute atomic E-state index is 5.88. The highest BCUT2D eigenvalue weighted by Crippen LogP contribution is 2.14. The Bertz CT molecular complexity index is 123. The summed E-state index contributed by atoms with van der Waals surface area (Å²) in [5.41, 5.74) is 11.9. The van der Waals surface area contributed by atoms with Crippen LogP contribution in [0.4, 0.5) is 0 Å². The van der Waals surface area contributed by atoms with Gasteiger partial charge in [-0.05, 0) is 5.54 Å². The second kappa shape index (κ2) is 7.46. The molecule has 0 aromatic heterocycles. The van der Waals surface area contributed by atoms with Crippen LogP contribution in [0.3, 0.4) is 0 Å². The van der Waals surface area contributed by atoms with Crippen LogP contribution in [-0.4, -0.2) is 42.2 Å². The Morgan fingerprint density at radius 1 is 1.31 bits per heavy atom. The van der Waals surface area contributed by atoms with Gasteiger partial charge in [0.15, 0.2) is 0 Å². The van der Waals surface area contributed by atoms with Crippen LogP contribution in [0.15, 0.2) is 0 Å². The van der Waals surface area contributed by atoms with E-state index in [9.17, 15) is 0 Å². The molecule has 0 aliphatic carbocycles. The molecule has 0 aliphatic heterocycles. The van der Waals surface area contributed by atoms with E-state index >= 15 is 0 Å². The molecular formula is C8H22N2O2Si. The number of nitrogens with two attached hydrogens (primary N) is 2. The normalized spacial score (nSPS) is 17.1. The molecule has 80 valence electrons. The van der Waals surface area contributed by atoms with E-state index in [0.717, 1.165) is 6.42 Å². The van der Waals surface area contributed by atoms with E-state index in [4.69, 9.17) is 20.9 Å². The Morgan fingerprint density at radius 2 is 1.85 bits per heavy atom. The average molecular weight is 206 g/mol. The number of ether oxygens (including phenoxy) is 2. The van der Waals surface area contributed by atoms with Crippen LogP contribution in [0.5, 0.6) is 0 Å². The van der Waals surface area contributed by atoms with Gasteiger partial charge in [-0.2, -0.15) is 0 Å². The van der Waals surface area contributed by atoms with Gasteiger partial charge in [-0.1, -0.05) is 13.3 Å². The molecule has 0 heterocycles. The van der Waals surface area contributed by atoms with Crippen LogP contribution in [0.25, 0.3) is 0 Å². The third-order valence-corrected chi connectivity index (χ3v) is 5.26. The van der Waals surface area contributed by atoms with E-state index in [1.807, 2.05) is 0 Å². The number of hydrogen-bond donors (Lipinski definition) is 2. The first kappa shape index (κ1) is 13.1. The van der Waals surface area contributed by atoms with Crippen molar-refractivity contribution >= 4 is 9.52 Å². The van der Waals surface area contributed by atoms with Gasteiger partial charge in [-0.15, -0.1) is 0 Å². The van der Waals surface area contributed by atoms with Gasteiger partial charge in [0.25, 0.3) is 0 Å². The first-order valence-electron chi connectivity index (χ1n) is 4.70. The summed E-state index contributed by atoms with van der Waals surface area (Å²) in [4.78, 5) is 0. The lowest BCUT2D eigenvalue weighted by Crippen LogP contribution is -2.40. The SMILES string of the molecule is CCC([SiH2]C(OC)OC)C(N)CN. The molecule has 2 unspecified atom stereocenters. The lowest BCUT2D eigenvalue weighted by molar-refractivity contribution is -0.0450. The van der Waals surface area contributed by atoms with Crippen LogP contribution in [0.1, 0.15) is 13.3 Å². The molecule has 0 radical (unpaired) electrons. The van der Waals surface area contributed by atoms with Crippen molar-refractivity contribution in [1.82, 2.24) is 0 Å². The molecule has 0 aliphatic rings. The number of methoxy groups -OCH3 is 2. The van der Waals surface area contributed by atoms with Crippen molar-refractivity contribution in [3.05, 3.63) is 0 Å². The van der Waals surface area contributed by atoms with E-state index in [2.05, 4.69) is 6.92 Å². The number of hydrogen-bond acceptors (Lipinski definition) is 4. The zero-order valence-corrected chi connectivity index (χ0v) is 10.2. The summed E-state index contributed by atoms with van der Waals surface area (Å²) in [6, 6.07) is 0.101. The monoisotopic (exact) mass is 206 g/mol. The van der Waals surface area contributed by atoms with E-state index in [-0.39, 0.29) is 12.0 Å². The molecule has 0 saturated carbocycles. The molecule has 5 heteroatoms. The summed E-state index contributed by atoms with van der Waals surface area (Å²) in [6.07, 6.45) is 1.06. The van der Waals surface area contributed by atoms with E-state index in [1.165, 1.54) is 0 Å². The zero-order valence-electron chi connectivity index (χ0n) is 8.82.